The first-order valence-corrected chi connectivity index (χ1v) is 15.2. The van der Waals surface area contributed by atoms with E-state index in [-0.39, 0.29) is 5.41 Å². The van der Waals surface area contributed by atoms with Crippen molar-refractivity contribution in [2.45, 2.75) is 82.5 Å². The normalized spacial score (nSPS) is 25.3. The van der Waals surface area contributed by atoms with Crippen molar-refractivity contribution in [1.29, 1.82) is 0 Å². The minimum Gasteiger partial charge on any atom is -0.493 e. The van der Waals surface area contributed by atoms with Gasteiger partial charge < -0.3 is 14.9 Å². The van der Waals surface area contributed by atoms with Gasteiger partial charge in [-0.3, -0.25) is 0 Å². The summed E-state index contributed by atoms with van der Waals surface area (Å²) in [4.78, 5) is 11.9. The molecule has 0 saturated heterocycles. The van der Waals surface area contributed by atoms with Gasteiger partial charge in [-0.15, -0.1) is 0 Å². The van der Waals surface area contributed by atoms with Crippen molar-refractivity contribution in [2.24, 2.45) is 17.8 Å². The zero-order valence-electron chi connectivity index (χ0n) is 23.0. The highest BCUT2D eigenvalue weighted by atomic mass is 16.5. The molecule has 0 spiro atoms. The third-order valence-electron chi connectivity index (χ3n) is 9.83. The summed E-state index contributed by atoms with van der Waals surface area (Å²) in [6, 6.07) is 18.3. The topological polar surface area (TPSA) is 66.8 Å². The first kappa shape index (κ1) is 26.4. The van der Waals surface area contributed by atoms with Crippen LogP contribution < -0.4 is 4.74 Å². The van der Waals surface area contributed by atoms with E-state index >= 15 is 0 Å². The van der Waals surface area contributed by atoms with Gasteiger partial charge in [0.2, 0.25) is 0 Å². The number of carboxylic acid groups (broad SMARTS) is 1. The Morgan fingerprint density at radius 3 is 2.15 bits per heavy atom. The minimum absolute atomic E-state index is 0.220. The van der Waals surface area contributed by atoms with Crippen LogP contribution in [0.5, 0.6) is 5.75 Å². The molecule has 206 valence electrons. The lowest BCUT2D eigenvalue weighted by Crippen LogP contribution is -2.48. The third-order valence-corrected chi connectivity index (χ3v) is 9.83. The molecule has 4 aliphatic rings. The van der Waals surface area contributed by atoms with Crippen LogP contribution in [0.15, 0.2) is 54.6 Å². The lowest BCUT2D eigenvalue weighted by Gasteiger charge is -2.57. The van der Waals surface area contributed by atoms with Gasteiger partial charge in [0, 0.05) is 12.2 Å². The summed E-state index contributed by atoms with van der Waals surface area (Å²) in [5.41, 5.74) is 3.68. The zero-order valence-corrected chi connectivity index (χ0v) is 23.0. The molecule has 3 aromatic rings. The fraction of sp³-hybridized carbons (Fsp3) is 0.514. The highest BCUT2D eigenvalue weighted by Gasteiger charge is 2.52. The predicted octanol–water partition coefficient (Wildman–Crippen LogP) is 8.38. The maximum atomic E-state index is 11.9. The molecule has 4 bridgehead atoms. The standard InChI is InChI=1S/C35H42O4/c36-13-7-3-1-2-4-8-14-39-33-20-27-11-12-28(30-9-5-6-10-31(30)34(37)38)18-29(27)19-32(33)35-21-24-15-25(22-35)17-26(16-24)23-35/h5-6,9-12,18-20,24-26,36H,1-4,7-8,13-17,21-23H2,(H,37,38). The van der Waals surface area contributed by atoms with E-state index in [0.29, 0.717) is 12.2 Å². The molecule has 0 heterocycles. The number of unbranched alkanes of at least 4 members (excludes halogenated alkanes) is 5. The van der Waals surface area contributed by atoms with Crippen LogP contribution in [0, 0.1) is 17.8 Å². The number of hydrogen-bond donors (Lipinski definition) is 2. The molecule has 0 atom stereocenters. The molecular weight excluding hydrogens is 484 g/mol. The molecule has 0 amide bonds. The van der Waals surface area contributed by atoms with Gasteiger partial charge in [-0.2, -0.15) is 0 Å². The summed E-state index contributed by atoms with van der Waals surface area (Å²) in [5.74, 6) is 2.74. The summed E-state index contributed by atoms with van der Waals surface area (Å²) in [7, 11) is 0. The van der Waals surface area contributed by atoms with E-state index < -0.39 is 5.97 Å². The van der Waals surface area contributed by atoms with Gasteiger partial charge in [-0.25, -0.2) is 4.79 Å². The highest BCUT2D eigenvalue weighted by Crippen LogP contribution is 2.62. The van der Waals surface area contributed by atoms with Gasteiger partial charge in [0.1, 0.15) is 5.75 Å². The van der Waals surface area contributed by atoms with E-state index in [1.54, 1.807) is 12.1 Å². The largest absolute Gasteiger partial charge is 0.493 e. The van der Waals surface area contributed by atoms with Crippen molar-refractivity contribution < 1.29 is 19.7 Å². The number of carboxylic acids is 1. The molecule has 2 N–H and O–H groups in total. The summed E-state index contributed by atoms with van der Waals surface area (Å²) in [6.07, 6.45) is 14.7. The molecule has 4 heteroatoms. The fourth-order valence-corrected chi connectivity index (χ4v) is 8.44. The lowest BCUT2D eigenvalue weighted by molar-refractivity contribution is -0.00633. The van der Waals surface area contributed by atoms with Crippen molar-refractivity contribution in [3.63, 3.8) is 0 Å². The number of benzene rings is 3. The van der Waals surface area contributed by atoms with E-state index in [0.717, 1.165) is 72.3 Å². The third kappa shape index (κ3) is 5.45. The Balaban J connectivity index is 1.31. The lowest BCUT2D eigenvalue weighted by atomic mass is 9.48. The van der Waals surface area contributed by atoms with Crippen LogP contribution in [0.1, 0.15) is 93.0 Å². The van der Waals surface area contributed by atoms with Crippen LogP contribution in [0.3, 0.4) is 0 Å². The van der Waals surface area contributed by atoms with Gasteiger partial charge in [0.25, 0.3) is 0 Å². The van der Waals surface area contributed by atoms with Crippen LogP contribution in [-0.2, 0) is 5.41 Å². The van der Waals surface area contributed by atoms with E-state index in [1.807, 2.05) is 18.2 Å². The summed E-state index contributed by atoms with van der Waals surface area (Å²) in [6.45, 7) is 1.04. The Morgan fingerprint density at radius 2 is 1.46 bits per heavy atom. The Morgan fingerprint density at radius 1 is 0.795 bits per heavy atom. The second-order valence-corrected chi connectivity index (χ2v) is 12.7. The summed E-state index contributed by atoms with van der Waals surface area (Å²) < 4.78 is 6.61. The predicted molar refractivity (Wildman–Crippen MR) is 156 cm³/mol. The van der Waals surface area contributed by atoms with Crippen molar-refractivity contribution >= 4 is 16.7 Å². The monoisotopic (exact) mass is 526 g/mol. The average Bonchev–Trinajstić information content (AvgIpc) is 2.93. The summed E-state index contributed by atoms with van der Waals surface area (Å²) in [5, 5.41) is 21.1. The second kappa shape index (κ2) is 11.3. The SMILES string of the molecule is O=C(O)c1ccccc1-c1ccc2cc(OCCCCCCCCO)c(C34CC5CC(CC(C5)C3)C4)cc2c1. The average molecular weight is 527 g/mol. The maximum absolute atomic E-state index is 11.9. The first-order valence-electron chi connectivity index (χ1n) is 15.2. The Hall–Kier alpha value is -2.85. The molecule has 7 rings (SSSR count). The van der Waals surface area contributed by atoms with Gasteiger partial charge in [0.15, 0.2) is 0 Å². The Kier molecular flexibility index (Phi) is 7.66. The molecule has 0 unspecified atom stereocenters. The number of carbonyl (C=O) groups is 1. The molecular formula is C35H42O4. The van der Waals surface area contributed by atoms with E-state index in [2.05, 4.69) is 24.3 Å². The van der Waals surface area contributed by atoms with Crippen molar-refractivity contribution in [3.8, 4) is 16.9 Å². The molecule has 4 fully saturated rings. The number of rotatable bonds is 12. The number of aromatic carboxylic acids is 1. The molecule has 0 aromatic heterocycles. The molecule has 0 radical (unpaired) electrons. The van der Waals surface area contributed by atoms with Crippen molar-refractivity contribution in [2.75, 3.05) is 13.2 Å². The first-order chi connectivity index (χ1) is 19.0. The van der Waals surface area contributed by atoms with E-state index in [9.17, 15) is 9.90 Å². The Bertz CT molecular complexity index is 1290. The quantitative estimate of drug-likeness (QED) is 0.233. The zero-order chi connectivity index (χ0) is 26.8. The fourth-order valence-electron chi connectivity index (χ4n) is 8.44. The molecule has 3 aromatic carbocycles. The second-order valence-electron chi connectivity index (χ2n) is 12.7. The maximum Gasteiger partial charge on any atom is 0.336 e. The summed E-state index contributed by atoms with van der Waals surface area (Å²) >= 11 is 0. The molecule has 39 heavy (non-hydrogen) atoms. The molecule has 4 aliphatic carbocycles. The molecule has 4 saturated carbocycles. The van der Waals surface area contributed by atoms with Gasteiger partial charge >= 0.3 is 5.97 Å². The van der Waals surface area contributed by atoms with Gasteiger partial charge in [0.05, 0.1) is 12.2 Å². The van der Waals surface area contributed by atoms with Crippen LogP contribution in [0.4, 0.5) is 0 Å². The van der Waals surface area contributed by atoms with E-state index in [1.165, 1.54) is 62.3 Å². The van der Waals surface area contributed by atoms with E-state index in [4.69, 9.17) is 9.84 Å². The van der Waals surface area contributed by atoms with Gasteiger partial charge in [-0.1, -0.05) is 56.0 Å². The number of ether oxygens (including phenoxy) is 1. The number of aliphatic hydroxyl groups is 1. The van der Waals surface area contributed by atoms with Crippen LogP contribution in [0.2, 0.25) is 0 Å². The van der Waals surface area contributed by atoms with Gasteiger partial charge in [-0.05, 0) is 121 Å². The molecule has 4 nitrogen and oxygen atoms in total. The highest BCUT2D eigenvalue weighted by molar-refractivity contribution is 5.98. The smallest absolute Gasteiger partial charge is 0.336 e. The Labute approximate surface area is 232 Å². The molecule has 0 aliphatic heterocycles. The number of hydrogen-bond acceptors (Lipinski definition) is 3. The number of aliphatic hydroxyl groups excluding tert-OH is 1. The number of fused-ring (bicyclic) bond motifs is 1. The van der Waals surface area contributed by atoms with Crippen molar-refractivity contribution in [1.82, 2.24) is 0 Å². The van der Waals surface area contributed by atoms with Crippen LogP contribution >= 0.6 is 0 Å². The van der Waals surface area contributed by atoms with Crippen LogP contribution in [0.25, 0.3) is 21.9 Å². The minimum atomic E-state index is -0.892. The van der Waals surface area contributed by atoms with Crippen LogP contribution in [-0.4, -0.2) is 29.4 Å². The van der Waals surface area contributed by atoms with Crippen molar-refractivity contribution in [3.05, 3.63) is 65.7 Å².